The Kier molecular flexibility index (Phi) is 5.09. The molecule has 2 aliphatic carbocycles. The maximum atomic E-state index is 14.3. The lowest BCUT2D eigenvalue weighted by Gasteiger charge is -2.57. The molecule has 2 aromatic rings. The van der Waals surface area contributed by atoms with Crippen molar-refractivity contribution in [2.24, 2.45) is 5.41 Å². The molecule has 2 N–H and O–H groups in total. The molecule has 2 aromatic carbocycles. The SMILES string of the molecule is CN1CC2(CC(Oc3cc(NSc4ccc(Cl)cc4F)cc4c3NC(=O)C43CCCC3)C2)C1. The fourth-order valence-electron chi connectivity index (χ4n) is 6.30. The number of likely N-dealkylation sites (tertiary alicyclic amines) is 1. The molecule has 1 amide bonds. The van der Waals surface area contributed by atoms with Crippen LogP contribution in [0.2, 0.25) is 5.02 Å². The van der Waals surface area contributed by atoms with E-state index in [-0.39, 0.29) is 17.8 Å². The molecule has 174 valence electrons. The van der Waals surface area contributed by atoms with Crippen molar-refractivity contribution >= 4 is 40.8 Å². The number of carbonyl (C=O) groups excluding carboxylic acids is 1. The van der Waals surface area contributed by atoms with Crippen molar-refractivity contribution < 1.29 is 13.9 Å². The number of amides is 1. The summed E-state index contributed by atoms with van der Waals surface area (Å²) >= 11 is 7.08. The Morgan fingerprint density at radius 3 is 2.67 bits per heavy atom. The smallest absolute Gasteiger partial charge is 0.235 e. The summed E-state index contributed by atoms with van der Waals surface area (Å²) in [5.74, 6) is 0.433. The number of nitrogens with zero attached hydrogens (tertiary/aromatic N) is 1. The van der Waals surface area contributed by atoms with Gasteiger partial charge in [0, 0.05) is 35.3 Å². The maximum absolute atomic E-state index is 14.3. The summed E-state index contributed by atoms with van der Waals surface area (Å²) in [5.41, 5.74) is 2.58. The van der Waals surface area contributed by atoms with Crippen LogP contribution in [-0.2, 0) is 10.2 Å². The van der Waals surface area contributed by atoms with Gasteiger partial charge in [0.05, 0.1) is 16.0 Å². The number of benzene rings is 2. The van der Waals surface area contributed by atoms with Crippen molar-refractivity contribution in [3.05, 3.63) is 46.7 Å². The number of carbonyl (C=O) groups is 1. The van der Waals surface area contributed by atoms with Gasteiger partial charge in [-0.1, -0.05) is 24.4 Å². The fraction of sp³-hybridized carbons (Fsp3) is 0.480. The van der Waals surface area contributed by atoms with E-state index in [1.165, 1.54) is 18.0 Å². The average molecular weight is 488 g/mol. The molecule has 3 fully saturated rings. The Hall–Kier alpha value is -1.96. The zero-order valence-corrected chi connectivity index (χ0v) is 20.1. The van der Waals surface area contributed by atoms with E-state index in [9.17, 15) is 9.18 Å². The van der Waals surface area contributed by atoms with Gasteiger partial charge in [-0.05, 0) is 74.5 Å². The molecule has 1 saturated heterocycles. The van der Waals surface area contributed by atoms with Gasteiger partial charge in [-0.3, -0.25) is 4.79 Å². The van der Waals surface area contributed by atoms with Gasteiger partial charge in [-0.15, -0.1) is 0 Å². The predicted octanol–water partition coefficient (Wildman–Crippen LogP) is 5.84. The standard InChI is InChI=1S/C25H27ClFN3O2S/c1-30-13-24(14-30)11-17(12-24)32-20-10-16(29-33-21-5-4-15(26)8-19(21)27)9-18-22(20)28-23(31)25(18)6-2-3-7-25/h4-5,8-10,17,29H,2-3,6-7,11-14H2,1H3,(H,28,31). The van der Waals surface area contributed by atoms with Crippen LogP contribution in [0, 0.1) is 11.2 Å². The van der Waals surface area contributed by atoms with E-state index in [0.29, 0.717) is 15.3 Å². The van der Waals surface area contributed by atoms with Crippen molar-refractivity contribution in [1.82, 2.24) is 4.90 Å². The quantitative estimate of drug-likeness (QED) is 0.519. The Balaban J connectivity index is 1.28. The number of hydrogen-bond donors (Lipinski definition) is 2. The third-order valence-corrected chi connectivity index (χ3v) is 8.87. The summed E-state index contributed by atoms with van der Waals surface area (Å²) in [6.07, 6.45) is 6.06. The average Bonchev–Trinajstić information content (AvgIpc) is 3.32. The van der Waals surface area contributed by atoms with Crippen LogP contribution in [0.1, 0.15) is 44.1 Å². The molecule has 2 heterocycles. The van der Waals surface area contributed by atoms with Gasteiger partial charge >= 0.3 is 0 Å². The Bertz CT molecular complexity index is 1120. The van der Waals surface area contributed by atoms with Gasteiger partial charge in [0.2, 0.25) is 5.91 Å². The summed E-state index contributed by atoms with van der Waals surface area (Å²) < 4.78 is 24.0. The number of hydrogen-bond acceptors (Lipinski definition) is 5. The van der Waals surface area contributed by atoms with E-state index in [1.54, 1.807) is 12.1 Å². The first-order valence-electron chi connectivity index (χ1n) is 11.6. The van der Waals surface area contributed by atoms with Crippen LogP contribution >= 0.6 is 23.5 Å². The molecule has 2 spiro atoms. The third kappa shape index (κ3) is 3.60. The second-order valence-corrected chi connectivity index (χ2v) is 11.5. The van der Waals surface area contributed by atoms with Crippen LogP contribution in [-0.4, -0.2) is 37.0 Å². The normalized spacial score (nSPS) is 22.7. The van der Waals surface area contributed by atoms with Gasteiger partial charge in [0.25, 0.3) is 0 Å². The molecule has 6 rings (SSSR count). The van der Waals surface area contributed by atoms with Crippen LogP contribution in [0.15, 0.2) is 35.2 Å². The summed E-state index contributed by atoms with van der Waals surface area (Å²) in [6, 6.07) is 8.61. The summed E-state index contributed by atoms with van der Waals surface area (Å²) in [6.45, 7) is 2.27. The van der Waals surface area contributed by atoms with Gasteiger partial charge in [0.15, 0.2) is 0 Å². The highest BCUT2D eigenvalue weighted by Crippen LogP contribution is 2.55. The molecular weight excluding hydrogens is 461 g/mol. The Morgan fingerprint density at radius 2 is 1.97 bits per heavy atom. The van der Waals surface area contributed by atoms with Crippen molar-refractivity contribution in [1.29, 1.82) is 0 Å². The number of ether oxygens (including phenoxy) is 1. The highest BCUT2D eigenvalue weighted by atomic mass is 35.5. The second kappa shape index (κ2) is 7.79. The first kappa shape index (κ1) is 21.6. The number of rotatable bonds is 5. The zero-order valence-electron chi connectivity index (χ0n) is 18.5. The molecule has 0 bridgehead atoms. The van der Waals surface area contributed by atoms with Gasteiger partial charge < -0.3 is 19.7 Å². The van der Waals surface area contributed by atoms with E-state index in [2.05, 4.69) is 22.0 Å². The highest BCUT2D eigenvalue weighted by molar-refractivity contribution is 8.00. The van der Waals surface area contributed by atoms with E-state index in [0.717, 1.165) is 74.3 Å². The molecule has 2 aliphatic heterocycles. The minimum Gasteiger partial charge on any atom is -0.488 e. The predicted molar refractivity (Wildman–Crippen MR) is 130 cm³/mol. The number of halogens is 2. The molecule has 2 saturated carbocycles. The molecule has 0 aromatic heterocycles. The summed E-state index contributed by atoms with van der Waals surface area (Å²) in [7, 11) is 2.15. The molecule has 0 unspecified atom stereocenters. The first-order valence-corrected chi connectivity index (χ1v) is 12.8. The van der Waals surface area contributed by atoms with E-state index < -0.39 is 5.41 Å². The zero-order chi connectivity index (χ0) is 22.8. The summed E-state index contributed by atoms with van der Waals surface area (Å²) in [4.78, 5) is 15.9. The Morgan fingerprint density at radius 1 is 1.21 bits per heavy atom. The topological polar surface area (TPSA) is 53.6 Å². The monoisotopic (exact) mass is 487 g/mol. The minimum absolute atomic E-state index is 0.0825. The van der Waals surface area contributed by atoms with Crippen LogP contribution in [0.25, 0.3) is 0 Å². The first-order chi connectivity index (χ1) is 15.9. The maximum Gasteiger partial charge on any atom is 0.235 e. The third-order valence-electron chi connectivity index (χ3n) is 7.75. The highest BCUT2D eigenvalue weighted by Gasteiger charge is 2.53. The molecule has 0 atom stereocenters. The number of anilines is 2. The van der Waals surface area contributed by atoms with Crippen LogP contribution in [0.5, 0.6) is 5.75 Å². The van der Waals surface area contributed by atoms with Crippen molar-refractivity contribution in [2.75, 3.05) is 30.2 Å². The van der Waals surface area contributed by atoms with Crippen molar-refractivity contribution in [3.8, 4) is 5.75 Å². The van der Waals surface area contributed by atoms with Gasteiger partial charge in [0.1, 0.15) is 17.7 Å². The summed E-state index contributed by atoms with van der Waals surface area (Å²) in [5, 5.41) is 3.51. The lowest BCUT2D eigenvalue weighted by atomic mass is 9.62. The van der Waals surface area contributed by atoms with E-state index in [4.69, 9.17) is 16.3 Å². The number of fused-ring (bicyclic) bond motifs is 2. The van der Waals surface area contributed by atoms with Crippen LogP contribution < -0.4 is 14.8 Å². The molecule has 8 heteroatoms. The lowest BCUT2D eigenvalue weighted by molar-refractivity contribution is -0.120. The van der Waals surface area contributed by atoms with Gasteiger partial charge in [-0.2, -0.15) is 0 Å². The molecular formula is C25H27ClFN3O2S. The van der Waals surface area contributed by atoms with E-state index in [1.807, 2.05) is 12.1 Å². The fourth-order valence-corrected chi connectivity index (χ4v) is 7.10. The van der Waals surface area contributed by atoms with E-state index >= 15 is 0 Å². The minimum atomic E-state index is -0.473. The van der Waals surface area contributed by atoms with Gasteiger partial charge in [-0.25, -0.2) is 4.39 Å². The molecule has 4 aliphatic rings. The van der Waals surface area contributed by atoms with Crippen molar-refractivity contribution in [2.45, 2.75) is 54.9 Å². The molecule has 33 heavy (non-hydrogen) atoms. The lowest BCUT2D eigenvalue weighted by Crippen LogP contribution is -2.63. The molecule has 5 nitrogen and oxygen atoms in total. The largest absolute Gasteiger partial charge is 0.488 e. The second-order valence-electron chi connectivity index (χ2n) is 10.2. The van der Waals surface area contributed by atoms with Crippen LogP contribution in [0.4, 0.5) is 15.8 Å². The number of nitrogens with one attached hydrogen (secondary N) is 2. The van der Waals surface area contributed by atoms with Crippen LogP contribution in [0.3, 0.4) is 0 Å². The van der Waals surface area contributed by atoms with Crippen molar-refractivity contribution in [3.63, 3.8) is 0 Å². The molecule has 0 radical (unpaired) electrons. The Labute approximate surface area is 202 Å².